The summed E-state index contributed by atoms with van der Waals surface area (Å²) in [6.07, 6.45) is -1.14. The van der Waals surface area contributed by atoms with E-state index in [1.165, 1.54) is 6.08 Å². The van der Waals surface area contributed by atoms with Crippen LogP contribution in [0.1, 0.15) is 24.0 Å². The number of guanidine groups is 1. The van der Waals surface area contributed by atoms with Crippen molar-refractivity contribution in [2.45, 2.75) is 37.5 Å². The average Bonchev–Trinajstić information content (AvgIpc) is 2.89. The minimum absolute atomic E-state index is 0.0533. The number of amides is 3. The van der Waals surface area contributed by atoms with Crippen LogP contribution >= 0.6 is 0 Å². The Hall–Kier alpha value is -4.88. The van der Waals surface area contributed by atoms with Crippen LogP contribution in [0.2, 0.25) is 0 Å². The van der Waals surface area contributed by atoms with Crippen molar-refractivity contribution < 1.29 is 37.5 Å². The number of benzene rings is 2. The highest BCUT2D eigenvalue weighted by Gasteiger charge is 2.38. The Morgan fingerprint density at radius 1 is 0.900 bits per heavy atom. The Kier molecular flexibility index (Phi) is 14.0. The zero-order chi connectivity index (χ0) is 30.1. The fourth-order valence-electron chi connectivity index (χ4n) is 3.07. The molecule has 216 valence electrons. The van der Waals surface area contributed by atoms with Crippen molar-refractivity contribution in [2.24, 2.45) is 22.2 Å². The Labute approximate surface area is 228 Å². The van der Waals surface area contributed by atoms with Gasteiger partial charge in [0, 0.05) is 19.0 Å². The lowest BCUT2D eigenvalue weighted by molar-refractivity contribution is -0.192. The SMILES string of the molecule is NC(=O)[C@@H](Cc1ccccc1)NC(=O)[C@@H](CCCN=C(N)N)NC(=O)/C=C/c1ccccc1.O=C(O)C(F)(F)F. The normalized spacial score (nSPS) is 12.3. The molecule has 11 nitrogen and oxygen atoms in total. The van der Waals surface area contributed by atoms with E-state index < -0.39 is 42.0 Å². The number of nitrogens with one attached hydrogen (secondary N) is 2. The third-order valence-electron chi connectivity index (χ3n) is 4.99. The van der Waals surface area contributed by atoms with Gasteiger partial charge in [0.2, 0.25) is 17.7 Å². The van der Waals surface area contributed by atoms with E-state index in [2.05, 4.69) is 15.6 Å². The van der Waals surface area contributed by atoms with Crippen molar-refractivity contribution in [3.8, 4) is 0 Å². The van der Waals surface area contributed by atoms with Crippen LogP contribution in [0.5, 0.6) is 0 Å². The number of aliphatic carboxylic acids is 1. The molecule has 9 N–H and O–H groups in total. The van der Waals surface area contributed by atoms with Gasteiger partial charge in [-0.3, -0.25) is 19.4 Å². The molecule has 0 aliphatic heterocycles. The summed E-state index contributed by atoms with van der Waals surface area (Å²) in [5.41, 5.74) is 17.9. The highest BCUT2D eigenvalue weighted by atomic mass is 19.4. The van der Waals surface area contributed by atoms with Crippen LogP contribution in [0, 0.1) is 0 Å². The highest BCUT2D eigenvalue weighted by molar-refractivity contribution is 5.96. The summed E-state index contributed by atoms with van der Waals surface area (Å²) in [4.78, 5) is 50.1. The molecule has 0 bridgehead atoms. The number of nitrogens with zero attached hydrogens (tertiary/aromatic N) is 1. The summed E-state index contributed by atoms with van der Waals surface area (Å²) < 4.78 is 31.7. The minimum atomic E-state index is -5.08. The van der Waals surface area contributed by atoms with Gasteiger partial charge in [-0.1, -0.05) is 60.7 Å². The number of rotatable bonds is 12. The van der Waals surface area contributed by atoms with Gasteiger partial charge < -0.3 is 32.9 Å². The lowest BCUT2D eigenvalue weighted by Gasteiger charge is -2.21. The number of hydrogen-bond acceptors (Lipinski definition) is 5. The first kappa shape index (κ1) is 33.1. The predicted octanol–water partition coefficient (Wildman–Crippen LogP) is 1.08. The number of carboxylic acid groups (broad SMARTS) is 1. The molecular formula is C26H31F3N6O5. The summed E-state index contributed by atoms with van der Waals surface area (Å²) in [6, 6.07) is 16.7. The minimum Gasteiger partial charge on any atom is -0.475 e. The van der Waals surface area contributed by atoms with E-state index in [9.17, 15) is 27.6 Å². The lowest BCUT2D eigenvalue weighted by Crippen LogP contribution is -2.53. The molecule has 2 aromatic carbocycles. The van der Waals surface area contributed by atoms with Crippen LogP contribution in [0.25, 0.3) is 6.08 Å². The Bertz CT molecular complexity index is 1170. The van der Waals surface area contributed by atoms with Crippen LogP contribution in [-0.4, -0.2) is 59.6 Å². The van der Waals surface area contributed by atoms with E-state index in [-0.39, 0.29) is 18.8 Å². The van der Waals surface area contributed by atoms with Gasteiger partial charge in [-0.05, 0) is 30.0 Å². The van der Waals surface area contributed by atoms with E-state index in [1.807, 2.05) is 60.7 Å². The molecule has 0 heterocycles. The number of primary amides is 1. The average molecular weight is 565 g/mol. The molecule has 3 amide bonds. The lowest BCUT2D eigenvalue weighted by atomic mass is 10.0. The van der Waals surface area contributed by atoms with E-state index in [1.54, 1.807) is 6.08 Å². The van der Waals surface area contributed by atoms with Crippen molar-refractivity contribution in [3.05, 3.63) is 77.9 Å². The van der Waals surface area contributed by atoms with Crippen molar-refractivity contribution in [2.75, 3.05) is 6.54 Å². The molecule has 0 saturated carbocycles. The van der Waals surface area contributed by atoms with Crippen molar-refractivity contribution in [1.82, 2.24) is 10.6 Å². The largest absolute Gasteiger partial charge is 0.490 e. The van der Waals surface area contributed by atoms with Gasteiger partial charge in [0.05, 0.1) is 0 Å². The Morgan fingerprint density at radius 2 is 1.45 bits per heavy atom. The Balaban J connectivity index is 0.00000101. The number of halogens is 3. The maximum Gasteiger partial charge on any atom is 0.490 e. The molecule has 0 unspecified atom stereocenters. The molecule has 40 heavy (non-hydrogen) atoms. The molecular weight excluding hydrogens is 533 g/mol. The topological polar surface area (TPSA) is 203 Å². The fraction of sp³-hybridized carbons (Fsp3) is 0.269. The summed E-state index contributed by atoms with van der Waals surface area (Å²) in [7, 11) is 0. The van der Waals surface area contributed by atoms with Gasteiger partial charge in [0.25, 0.3) is 0 Å². The first-order chi connectivity index (χ1) is 18.8. The van der Waals surface area contributed by atoms with E-state index in [0.717, 1.165) is 11.1 Å². The standard InChI is InChI=1S/C24H30N6O3.C2HF3O2/c25-22(32)20(16-18-10-5-2-6-11-18)30-23(33)19(12-7-15-28-24(26)27)29-21(31)14-13-17-8-3-1-4-9-17;3-2(4,5)1(6)7/h1-6,8-11,13-14,19-20H,7,12,15-16H2,(H2,25,32)(H,29,31)(H,30,33)(H4,26,27,28);(H,6,7)/b14-13+;/t19-,20-;/m1./s1. The number of carbonyl (C=O) groups excluding carboxylic acids is 3. The fourth-order valence-corrected chi connectivity index (χ4v) is 3.07. The molecule has 0 aliphatic carbocycles. The van der Waals surface area contributed by atoms with Gasteiger partial charge >= 0.3 is 12.1 Å². The number of carboxylic acids is 1. The maximum absolute atomic E-state index is 12.9. The van der Waals surface area contributed by atoms with Crippen LogP contribution in [0.4, 0.5) is 13.2 Å². The maximum atomic E-state index is 12.9. The number of alkyl halides is 3. The molecule has 2 aromatic rings. The molecule has 2 rings (SSSR count). The van der Waals surface area contributed by atoms with Gasteiger partial charge in [-0.25, -0.2) is 4.79 Å². The summed E-state index contributed by atoms with van der Waals surface area (Å²) in [5.74, 6) is -4.43. The molecule has 0 saturated heterocycles. The van der Waals surface area contributed by atoms with E-state index in [0.29, 0.717) is 13.0 Å². The summed E-state index contributed by atoms with van der Waals surface area (Å²) in [5, 5.41) is 12.5. The molecule has 0 aromatic heterocycles. The smallest absolute Gasteiger partial charge is 0.475 e. The van der Waals surface area contributed by atoms with Crippen molar-refractivity contribution in [3.63, 3.8) is 0 Å². The molecule has 0 aliphatic rings. The molecule has 14 heteroatoms. The van der Waals surface area contributed by atoms with Crippen LogP contribution < -0.4 is 27.8 Å². The number of nitrogens with two attached hydrogens (primary N) is 3. The predicted molar refractivity (Wildman–Crippen MR) is 142 cm³/mol. The first-order valence-electron chi connectivity index (χ1n) is 11.8. The van der Waals surface area contributed by atoms with Gasteiger partial charge in [0.15, 0.2) is 5.96 Å². The number of hydrogen-bond donors (Lipinski definition) is 6. The third-order valence-corrected chi connectivity index (χ3v) is 4.99. The molecule has 0 spiro atoms. The molecule has 0 fully saturated rings. The molecule has 2 atom stereocenters. The zero-order valence-corrected chi connectivity index (χ0v) is 21.3. The number of aliphatic imine (C=N–C) groups is 1. The van der Waals surface area contributed by atoms with Crippen LogP contribution in [0.15, 0.2) is 71.7 Å². The van der Waals surface area contributed by atoms with Crippen LogP contribution in [-0.2, 0) is 25.6 Å². The van der Waals surface area contributed by atoms with Gasteiger partial charge in [-0.2, -0.15) is 13.2 Å². The van der Waals surface area contributed by atoms with Gasteiger partial charge in [0.1, 0.15) is 12.1 Å². The second-order valence-corrected chi connectivity index (χ2v) is 8.21. The zero-order valence-electron chi connectivity index (χ0n) is 21.3. The van der Waals surface area contributed by atoms with Crippen molar-refractivity contribution in [1.29, 1.82) is 0 Å². The first-order valence-corrected chi connectivity index (χ1v) is 11.8. The second-order valence-electron chi connectivity index (χ2n) is 8.21. The van der Waals surface area contributed by atoms with E-state index >= 15 is 0 Å². The number of carbonyl (C=O) groups is 4. The monoisotopic (exact) mass is 564 g/mol. The molecule has 0 radical (unpaired) electrons. The summed E-state index contributed by atoms with van der Waals surface area (Å²) >= 11 is 0. The summed E-state index contributed by atoms with van der Waals surface area (Å²) in [6.45, 7) is 0.297. The third kappa shape index (κ3) is 14.2. The van der Waals surface area contributed by atoms with Gasteiger partial charge in [-0.15, -0.1) is 0 Å². The highest BCUT2D eigenvalue weighted by Crippen LogP contribution is 2.13. The second kappa shape index (κ2) is 16.9. The van der Waals surface area contributed by atoms with Crippen molar-refractivity contribution >= 4 is 35.7 Å². The Morgan fingerprint density at radius 3 is 1.95 bits per heavy atom. The van der Waals surface area contributed by atoms with E-state index in [4.69, 9.17) is 27.1 Å². The quantitative estimate of drug-likeness (QED) is 0.0957. The van der Waals surface area contributed by atoms with Crippen LogP contribution in [0.3, 0.4) is 0 Å².